The van der Waals surface area contributed by atoms with Crippen LogP contribution in [0.15, 0.2) is 12.7 Å². The van der Waals surface area contributed by atoms with Crippen LogP contribution < -0.4 is 0 Å². The van der Waals surface area contributed by atoms with Crippen molar-refractivity contribution in [3.05, 3.63) is 12.7 Å². The van der Waals surface area contributed by atoms with Crippen molar-refractivity contribution in [2.45, 2.75) is 77.4 Å². The predicted molar refractivity (Wildman–Crippen MR) is 91.9 cm³/mol. The lowest BCUT2D eigenvalue weighted by Gasteiger charge is -2.66. The van der Waals surface area contributed by atoms with Gasteiger partial charge in [-0.15, -0.1) is 6.58 Å². The summed E-state index contributed by atoms with van der Waals surface area (Å²) in [4.78, 5) is 0. The molecule has 0 spiro atoms. The first-order valence-corrected chi connectivity index (χ1v) is 9.28. The topological polar surface area (TPSA) is 60.7 Å². The molecule has 7 atom stereocenters. The quantitative estimate of drug-likeness (QED) is 0.684. The highest BCUT2D eigenvalue weighted by molar-refractivity contribution is 5.17. The van der Waals surface area contributed by atoms with Crippen LogP contribution in [0.3, 0.4) is 0 Å². The zero-order valence-electron chi connectivity index (χ0n) is 15.0. The molecule has 3 rings (SSSR count). The van der Waals surface area contributed by atoms with E-state index in [-0.39, 0.29) is 34.7 Å². The van der Waals surface area contributed by atoms with Gasteiger partial charge in [0.25, 0.3) is 0 Å². The molecule has 3 heteroatoms. The molecule has 0 heterocycles. The third kappa shape index (κ3) is 2.34. The second-order valence-corrected chi connectivity index (χ2v) is 9.59. The zero-order valence-corrected chi connectivity index (χ0v) is 15.0. The predicted octanol–water partition coefficient (Wildman–Crippen LogP) is 3.28. The van der Waals surface area contributed by atoms with Gasteiger partial charge in [-0.2, -0.15) is 0 Å². The molecule has 132 valence electrons. The summed E-state index contributed by atoms with van der Waals surface area (Å²) in [5.74, 6) is 0.394. The summed E-state index contributed by atoms with van der Waals surface area (Å²) in [7, 11) is 0. The summed E-state index contributed by atoms with van der Waals surface area (Å²) in [5, 5.41) is 32.4. The lowest BCUT2D eigenvalue weighted by molar-refractivity contribution is -0.255. The van der Waals surface area contributed by atoms with Crippen molar-refractivity contribution in [1.29, 1.82) is 0 Å². The van der Waals surface area contributed by atoms with E-state index in [0.717, 1.165) is 32.1 Å². The highest BCUT2D eigenvalue weighted by atomic mass is 16.3. The van der Waals surface area contributed by atoms with Gasteiger partial charge in [0.1, 0.15) is 0 Å². The lowest BCUT2D eigenvalue weighted by Crippen LogP contribution is -2.67. The minimum atomic E-state index is -1.01. The Morgan fingerprint density at radius 3 is 2.43 bits per heavy atom. The van der Waals surface area contributed by atoms with E-state index in [0.29, 0.717) is 12.8 Å². The fraction of sp³-hybridized carbons (Fsp3) is 0.900. The zero-order chi connectivity index (χ0) is 17.1. The van der Waals surface area contributed by atoms with Gasteiger partial charge in [0.2, 0.25) is 0 Å². The van der Waals surface area contributed by atoms with Gasteiger partial charge >= 0.3 is 0 Å². The van der Waals surface area contributed by atoms with Gasteiger partial charge in [-0.1, -0.05) is 33.3 Å². The van der Waals surface area contributed by atoms with Crippen molar-refractivity contribution in [3.63, 3.8) is 0 Å². The molecule has 0 bridgehead atoms. The third-order valence-corrected chi connectivity index (χ3v) is 8.08. The average molecular weight is 322 g/mol. The smallest absolute Gasteiger partial charge is 0.0946 e. The van der Waals surface area contributed by atoms with Crippen molar-refractivity contribution in [2.75, 3.05) is 6.61 Å². The van der Waals surface area contributed by atoms with Gasteiger partial charge in [-0.3, -0.25) is 0 Å². The molecule has 0 saturated heterocycles. The lowest BCUT2D eigenvalue weighted by atomic mass is 9.41. The number of hydrogen-bond donors (Lipinski definition) is 3. The maximum Gasteiger partial charge on any atom is 0.0946 e. The monoisotopic (exact) mass is 322 g/mol. The largest absolute Gasteiger partial charge is 0.396 e. The fourth-order valence-electron chi connectivity index (χ4n) is 6.61. The van der Waals surface area contributed by atoms with E-state index in [1.54, 1.807) is 0 Å². The number of hydrogen-bond acceptors (Lipinski definition) is 3. The molecule has 0 aromatic rings. The van der Waals surface area contributed by atoms with E-state index in [1.807, 2.05) is 6.08 Å². The summed E-state index contributed by atoms with van der Waals surface area (Å²) < 4.78 is 0. The molecule has 3 fully saturated rings. The molecule has 0 amide bonds. The molecular weight excluding hydrogens is 288 g/mol. The van der Waals surface area contributed by atoms with Crippen LogP contribution >= 0.6 is 0 Å². The van der Waals surface area contributed by atoms with Crippen LogP contribution in [-0.4, -0.2) is 33.6 Å². The van der Waals surface area contributed by atoms with Crippen LogP contribution in [0.2, 0.25) is 0 Å². The number of rotatable bonds is 2. The van der Waals surface area contributed by atoms with Crippen LogP contribution in [-0.2, 0) is 0 Å². The van der Waals surface area contributed by atoms with Crippen LogP contribution in [0, 0.1) is 28.1 Å². The van der Waals surface area contributed by atoms with Gasteiger partial charge in [0, 0.05) is 6.61 Å². The third-order valence-electron chi connectivity index (χ3n) is 8.08. The molecule has 0 aromatic heterocycles. The van der Waals surface area contributed by atoms with E-state index in [2.05, 4.69) is 27.4 Å². The molecule has 3 nitrogen and oxygen atoms in total. The van der Waals surface area contributed by atoms with Gasteiger partial charge in [-0.25, -0.2) is 0 Å². The summed E-state index contributed by atoms with van der Waals surface area (Å²) in [6.07, 6.45) is 7.64. The first-order chi connectivity index (χ1) is 10.6. The molecule has 3 aliphatic carbocycles. The number of allylic oxidation sites excluding steroid dienone is 1. The maximum atomic E-state index is 11.5. The SMILES string of the molecule is C=C[C@@]1(C)CC[C@@H]2[C@@]3(C)CCC[C@@](C)(CO)[C@@H]3C[C@H](O)[C@@]2(O)C1. The van der Waals surface area contributed by atoms with Crippen LogP contribution in [0.25, 0.3) is 0 Å². The van der Waals surface area contributed by atoms with Crippen molar-refractivity contribution in [2.24, 2.45) is 28.1 Å². The van der Waals surface area contributed by atoms with Gasteiger partial charge in [-0.05, 0) is 66.6 Å². The normalized spacial score (nSPS) is 56.5. The standard InChI is InChI=1S/C20H34O3/c1-5-17(2)10-7-14-19(4)9-6-8-18(3,13-21)15(19)11-16(22)20(14,23)12-17/h5,14-16,21-23H,1,6-13H2,2-4H3/t14-,15+,16+,17+,18+,19-,20-/m1/s1. The second kappa shape index (κ2) is 5.31. The Hall–Kier alpha value is -0.380. The van der Waals surface area contributed by atoms with Crippen LogP contribution in [0.1, 0.15) is 65.7 Å². The van der Waals surface area contributed by atoms with Crippen LogP contribution in [0.5, 0.6) is 0 Å². The van der Waals surface area contributed by atoms with E-state index < -0.39 is 11.7 Å². The van der Waals surface area contributed by atoms with Gasteiger partial charge in [0.15, 0.2) is 0 Å². The maximum absolute atomic E-state index is 11.5. The number of aliphatic hydroxyl groups excluding tert-OH is 2. The number of aliphatic hydroxyl groups is 3. The van der Waals surface area contributed by atoms with Crippen molar-refractivity contribution < 1.29 is 15.3 Å². The molecule has 3 N–H and O–H groups in total. The molecule has 0 unspecified atom stereocenters. The summed E-state index contributed by atoms with van der Waals surface area (Å²) in [6, 6.07) is 0. The Bertz CT molecular complexity index is 491. The minimum absolute atomic E-state index is 0.00616. The second-order valence-electron chi connectivity index (χ2n) is 9.59. The molecule has 0 radical (unpaired) electrons. The molecule has 3 aliphatic rings. The highest BCUT2D eigenvalue weighted by Gasteiger charge is 2.65. The Kier molecular flexibility index (Phi) is 4.02. The first kappa shape index (κ1) is 17.4. The Balaban J connectivity index is 2.01. The Morgan fingerprint density at radius 1 is 1.13 bits per heavy atom. The van der Waals surface area contributed by atoms with E-state index in [1.165, 1.54) is 0 Å². The first-order valence-electron chi connectivity index (χ1n) is 9.28. The Morgan fingerprint density at radius 2 is 1.83 bits per heavy atom. The van der Waals surface area contributed by atoms with E-state index in [4.69, 9.17) is 0 Å². The highest BCUT2D eigenvalue weighted by Crippen LogP contribution is 2.66. The van der Waals surface area contributed by atoms with E-state index in [9.17, 15) is 15.3 Å². The molecule has 0 aliphatic heterocycles. The summed E-state index contributed by atoms with van der Waals surface area (Å²) in [5.41, 5.74) is -1.23. The van der Waals surface area contributed by atoms with Crippen molar-refractivity contribution in [3.8, 4) is 0 Å². The summed E-state index contributed by atoms with van der Waals surface area (Å²) in [6.45, 7) is 10.8. The van der Waals surface area contributed by atoms with E-state index >= 15 is 0 Å². The Labute approximate surface area is 140 Å². The fourth-order valence-corrected chi connectivity index (χ4v) is 6.61. The summed E-state index contributed by atoms with van der Waals surface area (Å²) >= 11 is 0. The minimum Gasteiger partial charge on any atom is -0.396 e. The van der Waals surface area contributed by atoms with Crippen molar-refractivity contribution in [1.82, 2.24) is 0 Å². The molecular formula is C20H34O3. The number of fused-ring (bicyclic) bond motifs is 3. The van der Waals surface area contributed by atoms with Gasteiger partial charge in [0.05, 0.1) is 11.7 Å². The molecule has 0 aromatic carbocycles. The average Bonchev–Trinajstić information content (AvgIpc) is 2.50. The van der Waals surface area contributed by atoms with Crippen LogP contribution in [0.4, 0.5) is 0 Å². The van der Waals surface area contributed by atoms with Gasteiger partial charge < -0.3 is 15.3 Å². The molecule has 3 saturated carbocycles. The van der Waals surface area contributed by atoms with Crippen molar-refractivity contribution >= 4 is 0 Å². The molecule has 23 heavy (non-hydrogen) atoms.